The second-order valence-corrected chi connectivity index (χ2v) is 6.89. The minimum absolute atomic E-state index is 0.00229. The number of carbonyl (C=O) groups excluding carboxylic acids is 1. The van der Waals surface area contributed by atoms with Gasteiger partial charge in [0.05, 0.1) is 30.8 Å². The minimum atomic E-state index is -0.481. The Bertz CT molecular complexity index is 1060. The number of rotatable bonds is 5. The fourth-order valence-electron chi connectivity index (χ4n) is 3.93. The van der Waals surface area contributed by atoms with Crippen LogP contribution in [0.4, 0.5) is 5.69 Å². The van der Waals surface area contributed by atoms with Gasteiger partial charge in [-0.2, -0.15) is 5.10 Å². The number of benzene rings is 2. The molecule has 2 aromatic rings. The molecular formula is C21H19N3O5. The van der Waals surface area contributed by atoms with Crippen LogP contribution in [0.3, 0.4) is 0 Å². The second-order valence-electron chi connectivity index (χ2n) is 6.89. The van der Waals surface area contributed by atoms with Crippen molar-refractivity contribution in [1.82, 2.24) is 5.43 Å². The highest BCUT2D eigenvalue weighted by atomic mass is 16.6. The lowest BCUT2D eigenvalue weighted by Crippen LogP contribution is -2.31. The Labute approximate surface area is 167 Å². The summed E-state index contributed by atoms with van der Waals surface area (Å²) in [5.41, 5.74) is 5.68. The van der Waals surface area contributed by atoms with Crippen molar-refractivity contribution in [3.8, 4) is 11.5 Å². The number of nitrogens with one attached hydrogen (secondary N) is 1. The summed E-state index contributed by atoms with van der Waals surface area (Å²) >= 11 is 0. The second kappa shape index (κ2) is 7.38. The van der Waals surface area contributed by atoms with E-state index in [2.05, 4.69) is 10.5 Å². The van der Waals surface area contributed by atoms with E-state index in [1.165, 1.54) is 12.1 Å². The van der Waals surface area contributed by atoms with Gasteiger partial charge >= 0.3 is 0 Å². The van der Waals surface area contributed by atoms with Crippen molar-refractivity contribution in [3.05, 3.63) is 69.8 Å². The van der Waals surface area contributed by atoms with E-state index in [1.54, 1.807) is 26.4 Å². The molecule has 1 heterocycles. The largest absolute Gasteiger partial charge is 0.497 e. The van der Waals surface area contributed by atoms with Crippen molar-refractivity contribution >= 4 is 22.9 Å². The van der Waals surface area contributed by atoms with Crippen LogP contribution in [0.5, 0.6) is 11.5 Å². The molecule has 0 saturated heterocycles. The number of fused-ring (bicyclic) bond motifs is 1. The van der Waals surface area contributed by atoms with E-state index in [1.807, 2.05) is 24.3 Å². The molecule has 1 aliphatic carbocycles. The van der Waals surface area contributed by atoms with Gasteiger partial charge in [-0.15, -0.1) is 0 Å². The van der Waals surface area contributed by atoms with Crippen LogP contribution in [0.2, 0.25) is 0 Å². The SMILES string of the molecule is COc1ccc(C2=CC3=NNC(=O)C3C(c3cccc([N+](=O)[O-])c3)C2)c(OC)c1. The van der Waals surface area contributed by atoms with Gasteiger partial charge < -0.3 is 9.47 Å². The Balaban J connectivity index is 1.79. The molecule has 0 radical (unpaired) electrons. The summed E-state index contributed by atoms with van der Waals surface area (Å²) in [5, 5.41) is 15.4. The van der Waals surface area contributed by atoms with E-state index >= 15 is 0 Å². The van der Waals surface area contributed by atoms with Crippen LogP contribution < -0.4 is 14.9 Å². The first-order valence-electron chi connectivity index (χ1n) is 9.06. The maximum absolute atomic E-state index is 12.4. The average Bonchev–Trinajstić information content (AvgIpc) is 3.13. The van der Waals surface area contributed by atoms with Gasteiger partial charge in [-0.3, -0.25) is 14.9 Å². The number of hydrogen-bond acceptors (Lipinski definition) is 6. The Hall–Kier alpha value is -3.68. The number of allylic oxidation sites excluding steroid dienone is 2. The van der Waals surface area contributed by atoms with E-state index in [0.717, 1.165) is 16.7 Å². The van der Waals surface area contributed by atoms with Crippen LogP contribution in [0, 0.1) is 16.0 Å². The number of carbonyl (C=O) groups is 1. The van der Waals surface area contributed by atoms with E-state index in [-0.39, 0.29) is 17.5 Å². The first-order chi connectivity index (χ1) is 14.0. The molecule has 2 unspecified atom stereocenters. The molecule has 8 heteroatoms. The van der Waals surface area contributed by atoms with Gasteiger partial charge in [-0.05, 0) is 35.8 Å². The van der Waals surface area contributed by atoms with Crippen molar-refractivity contribution in [3.63, 3.8) is 0 Å². The molecule has 29 heavy (non-hydrogen) atoms. The van der Waals surface area contributed by atoms with Crippen molar-refractivity contribution in [2.24, 2.45) is 11.0 Å². The van der Waals surface area contributed by atoms with Crippen LogP contribution in [-0.4, -0.2) is 30.8 Å². The predicted molar refractivity (Wildman–Crippen MR) is 107 cm³/mol. The van der Waals surface area contributed by atoms with E-state index in [4.69, 9.17) is 9.47 Å². The van der Waals surface area contributed by atoms with Gasteiger partial charge in [-0.1, -0.05) is 12.1 Å². The minimum Gasteiger partial charge on any atom is -0.497 e. The quantitative estimate of drug-likeness (QED) is 0.620. The van der Waals surface area contributed by atoms with Gasteiger partial charge in [0.2, 0.25) is 5.91 Å². The van der Waals surface area contributed by atoms with E-state index in [0.29, 0.717) is 23.6 Å². The van der Waals surface area contributed by atoms with Crippen LogP contribution in [0.25, 0.3) is 5.57 Å². The summed E-state index contributed by atoms with van der Waals surface area (Å²) in [4.78, 5) is 23.2. The van der Waals surface area contributed by atoms with Crippen molar-refractivity contribution in [2.75, 3.05) is 14.2 Å². The van der Waals surface area contributed by atoms with E-state index < -0.39 is 10.8 Å². The maximum Gasteiger partial charge on any atom is 0.269 e. The molecule has 0 aromatic heterocycles. The topological polar surface area (TPSA) is 103 Å². The average molecular weight is 393 g/mol. The molecule has 2 aromatic carbocycles. The predicted octanol–water partition coefficient (Wildman–Crippen LogP) is 3.28. The van der Waals surface area contributed by atoms with Crippen molar-refractivity contribution in [2.45, 2.75) is 12.3 Å². The Kier molecular flexibility index (Phi) is 4.75. The molecule has 148 valence electrons. The zero-order chi connectivity index (χ0) is 20.5. The number of methoxy groups -OCH3 is 2. The highest BCUT2D eigenvalue weighted by molar-refractivity contribution is 6.17. The Morgan fingerprint density at radius 2 is 2.00 bits per heavy atom. The highest BCUT2D eigenvalue weighted by Crippen LogP contribution is 2.44. The van der Waals surface area contributed by atoms with Crippen LogP contribution in [0.1, 0.15) is 23.5 Å². The molecule has 1 amide bonds. The number of hydrazone groups is 1. The Morgan fingerprint density at radius 3 is 2.72 bits per heavy atom. The van der Waals surface area contributed by atoms with Gasteiger partial charge in [-0.25, -0.2) is 5.43 Å². The summed E-state index contributed by atoms with van der Waals surface area (Å²) in [5.74, 6) is 0.358. The molecule has 0 fully saturated rings. The van der Waals surface area contributed by atoms with Gasteiger partial charge in [0, 0.05) is 29.7 Å². The zero-order valence-electron chi connectivity index (χ0n) is 15.9. The normalized spacial score (nSPS) is 20.3. The molecular weight excluding hydrogens is 374 g/mol. The van der Waals surface area contributed by atoms with Crippen LogP contribution >= 0.6 is 0 Å². The number of nitrogens with zero attached hydrogens (tertiary/aromatic N) is 2. The van der Waals surface area contributed by atoms with Crippen LogP contribution in [0.15, 0.2) is 53.6 Å². The molecule has 0 saturated carbocycles. The highest BCUT2D eigenvalue weighted by Gasteiger charge is 2.41. The standard InChI is InChI=1S/C21H19N3O5/c1-28-15-6-7-16(19(11-15)29-2)13-9-17(20-18(10-13)22-23-21(20)25)12-4-3-5-14(8-12)24(26)27/h3-8,10-11,17,20H,9H2,1-2H3,(H,23,25). The molecule has 0 spiro atoms. The molecule has 8 nitrogen and oxygen atoms in total. The van der Waals surface area contributed by atoms with Gasteiger partial charge in [0.1, 0.15) is 11.5 Å². The lowest BCUT2D eigenvalue weighted by atomic mass is 9.73. The molecule has 1 N–H and O–H groups in total. The van der Waals surface area contributed by atoms with Gasteiger partial charge in [0.15, 0.2) is 0 Å². The van der Waals surface area contributed by atoms with E-state index in [9.17, 15) is 14.9 Å². The molecule has 4 rings (SSSR count). The molecule has 2 aliphatic rings. The summed E-state index contributed by atoms with van der Waals surface area (Å²) in [6.45, 7) is 0. The third-order valence-corrected chi connectivity index (χ3v) is 5.32. The van der Waals surface area contributed by atoms with Crippen LogP contribution in [-0.2, 0) is 4.79 Å². The molecule has 1 aliphatic heterocycles. The monoisotopic (exact) mass is 393 g/mol. The number of amides is 1. The van der Waals surface area contributed by atoms with Crippen molar-refractivity contribution < 1.29 is 19.2 Å². The number of nitro benzene ring substituents is 1. The first kappa shape index (κ1) is 18.7. The third-order valence-electron chi connectivity index (χ3n) is 5.32. The summed E-state index contributed by atoms with van der Waals surface area (Å²) in [7, 11) is 3.17. The summed E-state index contributed by atoms with van der Waals surface area (Å²) in [6, 6.07) is 12.0. The smallest absolute Gasteiger partial charge is 0.269 e. The molecule has 2 atom stereocenters. The van der Waals surface area contributed by atoms with Gasteiger partial charge in [0.25, 0.3) is 5.69 Å². The fourth-order valence-corrected chi connectivity index (χ4v) is 3.93. The molecule has 0 bridgehead atoms. The Morgan fingerprint density at radius 1 is 1.17 bits per heavy atom. The lowest BCUT2D eigenvalue weighted by Gasteiger charge is -2.29. The fraction of sp³-hybridized carbons (Fsp3) is 0.238. The maximum atomic E-state index is 12.4. The summed E-state index contributed by atoms with van der Waals surface area (Å²) in [6.07, 6.45) is 2.40. The number of nitro groups is 1. The van der Waals surface area contributed by atoms with Crippen molar-refractivity contribution in [1.29, 1.82) is 0 Å². The summed E-state index contributed by atoms with van der Waals surface area (Å²) < 4.78 is 10.8. The lowest BCUT2D eigenvalue weighted by molar-refractivity contribution is -0.384. The first-order valence-corrected chi connectivity index (χ1v) is 9.06. The number of ether oxygens (including phenoxy) is 2. The third kappa shape index (κ3) is 3.33. The number of non-ortho nitro benzene ring substituents is 1. The number of hydrogen-bond donors (Lipinski definition) is 1. The zero-order valence-corrected chi connectivity index (χ0v) is 15.9.